The molecule has 13 nitrogen and oxygen atoms in total. The van der Waals surface area contributed by atoms with Gasteiger partial charge in [-0.1, -0.05) is 30.3 Å². The topological polar surface area (TPSA) is 232 Å². The third kappa shape index (κ3) is 12.0. The summed E-state index contributed by atoms with van der Waals surface area (Å²) in [5.74, 6) is -3.95. The van der Waals surface area contributed by atoms with Gasteiger partial charge in [0.05, 0.1) is 0 Å². The Kier molecular flexibility index (Phi) is 12.3. The Morgan fingerprint density at radius 2 is 1.49 bits per heavy atom. The minimum absolute atomic E-state index is 0.0730. The molecule has 0 aromatic heterocycles. The van der Waals surface area contributed by atoms with Gasteiger partial charge in [0.15, 0.2) is 5.96 Å². The van der Waals surface area contributed by atoms with E-state index in [-0.39, 0.29) is 38.2 Å². The smallest absolute Gasteiger partial charge is 0.303 e. The quantitative estimate of drug-likeness (QED) is 0.0830. The Labute approximate surface area is 202 Å². The molecule has 1 aromatic rings. The lowest BCUT2D eigenvalue weighted by molar-refractivity contribution is -0.138. The van der Waals surface area contributed by atoms with Crippen molar-refractivity contribution in [2.75, 3.05) is 6.54 Å². The van der Waals surface area contributed by atoms with Gasteiger partial charge >= 0.3 is 5.97 Å². The summed E-state index contributed by atoms with van der Waals surface area (Å²) in [5, 5.41) is 16.4. The van der Waals surface area contributed by atoms with Crippen molar-refractivity contribution < 1.29 is 29.1 Å². The van der Waals surface area contributed by atoms with E-state index in [2.05, 4.69) is 20.9 Å². The number of hydrogen-bond acceptors (Lipinski definition) is 6. The second-order valence-electron chi connectivity index (χ2n) is 7.85. The zero-order valence-electron chi connectivity index (χ0n) is 19.5. The van der Waals surface area contributed by atoms with Gasteiger partial charge in [-0.25, -0.2) is 0 Å². The fourth-order valence-electron chi connectivity index (χ4n) is 3.17. The zero-order valence-corrected chi connectivity index (χ0v) is 19.5. The summed E-state index contributed by atoms with van der Waals surface area (Å²) in [4.78, 5) is 64.0. The maximum absolute atomic E-state index is 13.0. The van der Waals surface area contributed by atoms with Crippen molar-refractivity contribution >= 4 is 35.6 Å². The monoisotopic (exact) mass is 491 g/mol. The predicted molar refractivity (Wildman–Crippen MR) is 128 cm³/mol. The molecule has 1 rings (SSSR count). The fourth-order valence-corrected chi connectivity index (χ4v) is 3.17. The highest BCUT2D eigenvalue weighted by Gasteiger charge is 2.29. The van der Waals surface area contributed by atoms with Crippen LogP contribution in [0.25, 0.3) is 0 Å². The number of carbonyl (C=O) groups is 5. The second kappa shape index (κ2) is 14.9. The van der Waals surface area contributed by atoms with Crippen LogP contribution in [0.2, 0.25) is 0 Å². The molecule has 0 aliphatic rings. The van der Waals surface area contributed by atoms with Crippen molar-refractivity contribution in [3.8, 4) is 0 Å². The average molecular weight is 492 g/mol. The third-order valence-electron chi connectivity index (χ3n) is 4.86. The first-order chi connectivity index (χ1) is 16.5. The number of amides is 4. The normalized spacial score (nSPS) is 12.9. The number of carbonyl (C=O) groups excluding carboxylic acids is 4. The van der Waals surface area contributed by atoms with Gasteiger partial charge in [0.25, 0.3) is 0 Å². The number of hydrogen-bond donors (Lipinski definition) is 7. The molecule has 192 valence electrons. The Morgan fingerprint density at radius 3 is 2.03 bits per heavy atom. The lowest BCUT2D eigenvalue weighted by atomic mass is 10.0. The number of guanidine groups is 1. The van der Waals surface area contributed by atoms with Crippen LogP contribution in [0.4, 0.5) is 0 Å². The first-order valence-electron chi connectivity index (χ1n) is 11.0. The number of rotatable bonds is 15. The molecule has 0 unspecified atom stereocenters. The number of carboxylic acids is 1. The number of aliphatic imine (C=N–C) groups is 1. The summed E-state index contributed by atoms with van der Waals surface area (Å²) in [6.45, 7) is 1.49. The van der Waals surface area contributed by atoms with Gasteiger partial charge < -0.3 is 38.3 Å². The highest BCUT2D eigenvalue weighted by atomic mass is 16.4. The molecular weight excluding hydrogens is 458 g/mol. The predicted octanol–water partition coefficient (Wildman–Crippen LogP) is -1.89. The van der Waals surface area contributed by atoms with Crippen molar-refractivity contribution in [3.63, 3.8) is 0 Å². The second-order valence-corrected chi connectivity index (χ2v) is 7.85. The van der Waals surface area contributed by atoms with Crippen molar-refractivity contribution in [2.45, 2.75) is 57.2 Å². The Morgan fingerprint density at radius 1 is 0.886 bits per heavy atom. The van der Waals surface area contributed by atoms with Crippen LogP contribution in [0.1, 0.15) is 38.2 Å². The van der Waals surface area contributed by atoms with E-state index in [9.17, 15) is 24.0 Å². The number of benzene rings is 1. The van der Waals surface area contributed by atoms with Crippen LogP contribution in [0, 0.1) is 0 Å². The van der Waals surface area contributed by atoms with Crippen LogP contribution in [0.3, 0.4) is 0 Å². The van der Waals surface area contributed by atoms with Crippen LogP contribution in [-0.4, -0.2) is 65.3 Å². The molecule has 10 N–H and O–H groups in total. The molecule has 0 bridgehead atoms. The summed E-state index contributed by atoms with van der Waals surface area (Å²) < 4.78 is 0. The number of aliphatic carboxylic acids is 1. The number of nitrogens with two attached hydrogens (primary N) is 3. The molecule has 0 fully saturated rings. The van der Waals surface area contributed by atoms with E-state index in [0.717, 1.165) is 5.56 Å². The van der Waals surface area contributed by atoms with Crippen LogP contribution in [0.15, 0.2) is 35.3 Å². The Bertz CT molecular complexity index is 918. The molecule has 4 amide bonds. The van der Waals surface area contributed by atoms with Crippen molar-refractivity contribution in [2.24, 2.45) is 22.2 Å². The average Bonchev–Trinajstić information content (AvgIpc) is 2.77. The third-order valence-corrected chi connectivity index (χ3v) is 4.86. The molecular formula is C22H33N7O6. The highest BCUT2D eigenvalue weighted by molar-refractivity contribution is 5.94. The van der Waals surface area contributed by atoms with Crippen LogP contribution < -0.4 is 33.2 Å². The SMILES string of the molecule is CC(=O)N[C@@H](CCCN=C(N)N)C(=O)N[C@@H](Cc1ccccc1)C(=O)N[C@@H](CCC(=O)O)C(N)=O. The first-order valence-corrected chi connectivity index (χ1v) is 11.0. The first kappa shape index (κ1) is 28.9. The number of carboxylic acid groups (broad SMARTS) is 1. The minimum Gasteiger partial charge on any atom is -0.481 e. The molecule has 3 atom stereocenters. The van der Waals surface area contributed by atoms with E-state index in [1.165, 1.54) is 6.92 Å². The lowest BCUT2D eigenvalue weighted by Crippen LogP contribution is -2.57. The van der Waals surface area contributed by atoms with Crippen molar-refractivity contribution in [1.82, 2.24) is 16.0 Å². The molecule has 0 heterocycles. The minimum atomic E-state index is -1.24. The molecule has 35 heavy (non-hydrogen) atoms. The van der Waals surface area contributed by atoms with Crippen molar-refractivity contribution in [1.29, 1.82) is 0 Å². The fraction of sp³-hybridized carbons (Fsp3) is 0.455. The van der Waals surface area contributed by atoms with E-state index in [4.69, 9.17) is 22.3 Å². The summed E-state index contributed by atoms with van der Waals surface area (Å²) >= 11 is 0. The molecule has 13 heteroatoms. The summed E-state index contributed by atoms with van der Waals surface area (Å²) in [6.07, 6.45) is 0.0600. The van der Waals surface area contributed by atoms with E-state index >= 15 is 0 Å². The highest BCUT2D eigenvalue weighted by Crippen LogP contribution is 2.07. The molecule has 0 aliphatic carbocycles. The Balaban J connectivity index is 3.03. The Hall–Kier alpha value is -4.16. The lowest BCUT2D eigenvalue weighted by Gasteiger charge is -2.24. The van der Waals surface area contributed by atoms with Gasteiger partial charge in [0.1, 0.15) is 18.1 Å². The van der Waals surface area contributed by atoms with Gasteiger partial charge in [0.2, 0.25) is 23.6 Å². The summed E-state index contributed by atoms with van der Waals surface area (Å²) in [6, 6.07) is 5.47. The molecule has 0 radical (unpaired) electrons. The van der Waals surface area contributed by atoms with Gasteiger partial charge in [-0.2, -0.15) is 0 Å². The zero-order chi connectivity index (χ0) is 26.4. The maximum atomic E-state index is 13.0. The van der Waals surface area contributed by atoms with Crippen LogP contribution >= 0.6 is 0 Å². The van der Waals surface area contributed by atoms with E-state index in [0.29, 0.717) is 6.42 Å². The number of primary amides is 1. The molecule has 0 saturated heterocycles. The standard InChI is InChI=1S/C22H33N7O6/c1-13(30)27-16(8-5-11-26-22(24)25)20(34)29-17(12-14-6-3-2-4-7-14)21(35)28-15(19(23)33)9-10-18(31)32/h2-4,6-7,15-17H,5,8-12H2,1H3,(H2,23,33)(H,27,30)(H,28,35)(H,29,34)(H,31,32)(H4,24,25,26)/t15-,16-,17-/m0/s1. The number of nitrogens with zero attached hydrogens (tertiary/aromatic N) is 1. The number of nitrogens with one attached hydrogen (secondary N) is 3. The van der Waals surface area contributed by atoms with Crippen LogP contribution in [0.5, 0.6) is 0 Å². The largest absolute Gasteiger partial charge is 0.481 e. The molecule has 0 spiro atoms. The van der Waals surface area contributed by atoms with E-state index in [1.54, 1.807) is 30.3 Å². The van der Waals surface area contributed by atoms with Crippen molar-refractivity contribution in [3.05, 3.63) is 35.9 Å². The van der Waals surface area contributed by atoms with E-state index in [1.807, 2.05) is 0 Å². The maximum Gasteiger partial charge on any atom is 0.303 e. The van der Waals surface area contributed by atoms with Gasteiger partial charge in [0, 0.05) is 26.3 Å². The van der Waals surface area contributed by atoms with Gasteiger partial charge in [-0.3, -0.25) is 29.0 Å². The van der Waals surface area contributed by atoms with Gasteiger partial charge in [-0.05, 0) is 24.8 Å². The summed E-state index contributed by atoms with van der Waals surface area (Å²) in [7, 11) is 0. The summed E-state index contributed by atoms with van der Waals surface area (Å²) in [5.41, 5.74) is 16.6. The molecule has 0 saturated carbocycles. The van der Waals surface area contributed by atoms with Crippen LogP contribution in [-0.2, 0) is 30.4 Å². The van der Waals surface area contributed by atoms with Gasteiger partial charge in [-0.15, -0.1) is 0 Å². The molecule has 0 aliphatic heterocycles. The van der Waals surface area contributed by atoms with E-state index < -0.39 is 47.7 Å². The molecule has 1 aromatic carbocycles.